The molecule has 11 nitrogen and oxygen atoms in total. The van der Waals surface area contributed by atoms with Gasteiger partial charge in [0.15, 0.2) is 0 Å². The topological polar surface area (TPSA) is 121 Å². The lowest BCUT2D eigenvalue weighted by molar-refractivity contribution is -0.147. The van der Waals surface area contributed by atoms with Crippen molar-refractivity contribution in [2.24, 2.45) is 5.41 Å². The second-order valence-electron chi connectivity index (χ2n) is 15.0. The van der Waals surface area contributed by atoms with E-state index in [4.69, 9.17) is 4.74 Å². The molecule has 5 aliphatic rings. The third-order valence-electron chi connectivity index (χ3n) is 12.1. The molecule has 4 heterocycles. The van der Waals surface area contributed by atoms with E-state index in [1.807, 2.05) is 23.1 Å². The lowest BCUT2D eigenvalue weighted by Crippen LogP contribution is -2.58. The summed E-state index contributed by atoms with van der Waals surface area (Å²) in [6, 6.07) is 11.8. The molecule has 3 aromatic rings. The van der Waals surface area contributed by atoms with Gasteiger partial charge in [0.2, 0.25) is 11.8 Å². The molecule has 2 bridgehead atoms. The summed E-state index contributed by atoms with van der Waals surface area (Å²) in [6.07, 6.45) is 8.13. The molecule has 0 radical (unpaired) electrons. The van der Waals surface area contributed by atoms with E-state index in [0.717, 1.165) is 76.3 Å². The van der Waals surface area contributed by atoms with Crippen molar-refractivity contribution < 1.29 is 27.5 Å². The van der Waals surface area contributed by atoms with Crippen LogP contribution in [0.4, 0.5) is 0 Å². The van der Waals surface area contributed by atoms with Crippen LogP contribution in [-0.2, 0) is 26.3 Å². The van der Waals surface area contributed by atoms with E-state index in [-0.39, 0.29) is 35.4 Å². The normalized spacial score (nSPS) is 26.2. The zero-order valence-electron chi connectivity index (χ0n) is 28.7. The molecule has 4 atom stereocenters. The molecule has 1 aromatic heterocycles. The number of hydrogen-bond donors (Lipinski definition) is 1. The number of rotatable bonds is 6. The lowest BCUT2D eigenvalue weighted by atomic mass is 9.81. The van der Waals surface area contributed by atoms with Crippen LogP contribution in [0, 0.1) is 5.41 Å². The molecule has 3 amide bonds. The molecule has 2 aliphatic carbocycles. The van der Waals surface area contributed by atoms with Crippen molar-refractivity contribution in [2.75, 3.05) is 34.3 Å². The van der Waals surface area contributed by atoms with Gasteiger partial charge < -0.3 is 19.1 Å². The van der Waals surface area contributed by atoms with Crippen molar-refractivity contribution in [3.63, 3.8) is 0 Å². The van der Waals surface area contributed by atoms with E-state index in [1.165, 1.54) is 26.1 Å². The van der Waals surface area contributed by atoms with Crippen LogP contribution in [0.3, 0.4) is 0 Å². The van der Waals surface area contributed by atoms with Gasteiger partial charge in [-0.15, -0.1) is 0 Å². The Morgan fingerprint density at radius 3 is 2.33 bits per heavy atom. The highest BCUT2D eigenvalue weighted by molar-refractivity contribution is 7.87. The number of nitrogens with zero attached hydrogens (tertiary/aromatic N) is 4. The van der Waals surface area contributed by atoms with Crippen molar-refractivity contribution in [1.82, 2.24) is 23.4 Å². The summed E-state index contributed by atoms with van der Waals surface area (Å²) >= 11 is 0. The number of amides is 3. The summed E-state index contributed by atoms with van der Waals surface area (Å²) in [5.41, 5.74) is 4.98. The second kappa shape index (κ2) is 11.6. The highest BCUT2D eigenvalue weighted by Crippen LogP contribution is 2.66. The van der Waals surface area contributed by atoms with Crippen LogP contribution in [0.5, 0.6) is 5.75 Å². The maximum atomic E-state index is 15.1. The first kappa shape index (κ1) is 32.3. The number of piperazine rings is 1. The van der Waals surface area contributed by atoms with Gasteiger partial charge in [-0.1, -0.05) is 25.3 Å². The first-order chi connectivity index (χ1) is 23.4. The molecule has 2 saturated heterocycles. The number of carbonyl (C=O) groups excluding carboxylic acids is 3. The average Bonchev–Trinajstić information content (AvgIpc) is 3.68. The monoisotopic (exact) mass is 687 g/mol. The molecule has 8 rings (SSSR count). The fourth-order valence-electron chi connectivity index (χ4n) is 9.44. The Morgan fingerprint density at radius 2 is 1.67 bits per heavy atom. The molecule has 2 unspecified atom stereocenters. The number of carbonyl (C=O) groups is 3. The van der Waals surface area contributed by atoms with Gasteiger partial charge in [0.05, 0.1) is 18.2 Å². The molecule has 2 aromatic carbocycles. The SMILES string of the molecule is COc1ccc2c(c1)C1CC1(C(=O)N1[C@@H]3CC[C@H]1CN(C(C)=O)C3)Cn1c-2c(C2CCCCC2)c2ccc(C(=O)NS(=O)(=O)N(C)C)cc21. The Kier molecular flexibility index (Phi) is 7.64. The number of methoxy groups -OCH3 is 1. The van der Waals surface area contributed by atoms with Crippen LogP contribution in [0.1, 0.15) is 91.6 Å². The van der Waals surface area contributed by atoms with Crippen molar-refractivity contribution >= 4 is 38.8 Å². The summed E-state index contributed by atoms with van der Waals surface area (Å²) in [5.74, 6) is 0.598. The summed E-state index contributed by atoms with van der Waals surface area (Å²) in [6.45, 7) is 3.20. The zero-order valence-corrected chi connectivity index (χ0v) is 29.5. The number of aromatic nitrogens is 1. The van der Waals surface area contributed by atoms with Gasteiger partial charge in [0.25, 0.3) is 5.91 Å². The fourth-order valence-corrected chi connectivity index (χ4v) is 9.97. The van der Waals surface area contributed by atoms with E-state index < -0.39 is 21.5 Å². The lowest BCUT2D eigenvalue weighted by Gasteiger charge is -2.42. The van der Waals surface area contributed by atoms with Gasteiger partial charge in [0, 0.05) is 80.7 Å². The first-order valence-corrected chi connectivity index (χ1v) is 19.0. The molecule has 0 spiro atoms. The standard InChI is InChI=1S/C37H45N5O6S/c1-22(43)40-19-25-11-12-26(20-40)42(25)36(45)37-18-31(37)30-17-27(48-4)13-15-28(30)34-33(23-8-6-5-7-9-23)29-14-10-24(16-32(29)41(34)21-37)35(44)38-49(46,47)39(2)3/h10,13-17,23,25-26,31H,5-9,11-12,18-21H2,1-4H3,(H,38,44)/t25-,26+,31?,37?. The van der Waals surface area contributed by atoms with Gasteiger partial charge in [-0.3, -0.25) is 14.4 Å². The molecule has 49 heavy (non-hydrogen) atoms. The highest BCUT2D eigenvalue weighted by atomic mass is 32.2. The zero-order chi connectivity index (χ0) is 34.4. The highest BCUT2D eigenvalue weighted by Gasteiger charge is 2.65. The van der Waals surface area contributed by atoms with Crippen LogP contribution in [0.2, 0.25) is 0 Å². The number of hydrogen-bond acceptors (Lipinski definition) is 6. The smallest absolute Gasteiger partial charge is 0.303 e. The Hall–Kier alpha value is -3.90. The minimum absolute atomic E-state index is 0.00112. The van der Waals surface area contributed by atoms with Crippen molar-refractivity contribution in [3.8, 4) is 17.0 Å². The molecule has 4 fully saturated rings. The Bertz CT molecular complexity index is 1980. The van der Waals surface area contributed by atoms with E-state index in [0.29, 0.717) is 32.0 Å². The molecular formula is C37H45N5O6S. The molecule has 260 valence electrons. The van der Waals surface area contributed by atoms with Crippen LogP contribution in [0.25, 0.3) is 22.2 Å². The third kappa shape index (κ3) is 5.08. The minimum atomic E-state index is -3.99. The summed E-state index contributed by atoms with van der Waals surface area (Å²) in [7, 11) is 0.437. The van der Waals surface area contributed by atoms with Gasteiger partial charge in [-0.05, 0) is 79.5 Å². The molecule has 3 aliphatic heterocycles. The van der Waals surface area contributed by atoms with Gasteiger partial charge in [-0.2, -0.15) is 12.7 Å². The van der Waals surface area contributed by atoms with Crippen LogP contribution < -0.4 is 9.46 Å². The minimum Gasteiger partial charge on any atom is -0.497 e. The first-order valence-electron chi connectivity index (χ1n) is 17.6. The number of nitrogens with one attached hydrogen (secondary N) is 1. The Morgan fingerprint density at radius 1 is 0.959 bits per heavy atom. The van der Waals surface area contributed by atoms with E-state index in [1.54, 1.807) is 20.1 Å². The number of ether oxygens (including phenoxy) is 1. The summed E-state index contributed by atoms with van der Waals surface area (Å²) in [5, 5.41) is 1.05. The van der Waals surface area contributed by atoms with Crippen LogP contribution >= 0.6 is 0 Å². The second-order valence-corrected chi connectivity index (χ2v) is 16.9. The van der Waals surface area contributed by atoms with E-state index in [2.05, 4.69) is 26.3 Å². The maximum absolute atomic E-state index is 15.1. The van der Waals surface area contributed by atoms with Crippen LogP contribution in [-0.4, -0.2) is 91.2 Å². The fraction of sp³-hybridized carbons (Fsp3) is 0.541. The van der Waals surface area contributed by atoms with E-state index >= 15 is 4.79 Å². The number of fused-ring (bicyclic) bond motifs is 9. The maximum Gasteiger partial charge on any atom is 0.303 e. The van der Waals surface area contributed by atoms with Crippen molar-refractivity contribution in [2.45, 2.75) is 88.8 Å². The Balaban J connectivity index is 1.30. The quantitative estimate of drug-likeness (QED) is 0.404. The van der Waals surface area contributed by atoms with Crippen molar-refractivity contribution in [1.29, 1.82) is 0 Å². The number of likely N-dealkylation sites (tertiary alicyclic amines) is 1. The molecule has 1 N–H and O–H groups in total. The van der Waals surface area contributed by atoms with Gasteiger partial charge >= 0.3 is 10.2 Å². The Labute approximate surface area is 287 Å². The van der Waals surface area contributed by atoms with Gasteiger partial charge in [0.1, 0.15) is 5.75 Å². The molecular weight excluding hydrogens is 643 g/mol. The predicted octanol–water partition coefficient (Wildman–Crippen LogP) is 4.61. The molecule has 12 heteroatoms. The number of benzene rings is 2. The summed E-state index contributed by atoms with van der Waals surface area (Å²) in [4.78, 5) is 44.8. The predicted molar refractivity (Wildman–Crippen MR) is 186 cm³/mol. The average molecular weight is 688 g/mol. The van der Waals surface area contributed by atoms with Crippen LogP contribution in [0.15, 0.2) is 36.4 Å². The third-order valence-corrected chi connectivity index (χ3v) is 13.5. The van der Waals surface area contributed by atoms with E-state index in [9.17, 15) is 18.0 Å². The molecule has 2 saturated carbocycles. The summed E-state index contributed by atoms with van der Waals surface area (Å²) < 4.78 is 36.4. The largest absolute Gasteiger partial charge is 0.497 e. The van der Waals surface area contributed by atoms with Crippen molar-refractivity contribution in [3.05, 3.63) is 53.1 Å². The van der Waals surface area contributed by atoms with Gasteiger partial charge in [-0.25, -0.2) is 4.72 Å².